The van der Waals surface area contributed by atoms with Gasteiger partial charge >= 0.3 is 5.97 Å². The number of ketones is 1. The van der Waals surface area contributed by atoms with Gasteiger partial charge in [0.1, 0.15) is 0 Å². The predicted octanol–water partition coefficient (Wildman–Crippen LogP) is 5.32. The highest BCUT2D eigenvalue weighted by atomic mass is 16.4. The quantitative estimate of drug-likeness (QED) is 0.422. The van der Waals surface area contributed by atoms with Crippen molar-refractivity contribution in [1.29, 1.82) is 0 Å². The second-order valence-electron chi connectivity index (χ2n) is 7.59. The lowest BCUT2D eigenvalue weighted by atomic mass is 9.85. The van der Waals surface area contributed by atoms with E-state index in [1.54, 1.807) is 12.3 Å². The fraction of sp³-hybridized carbons (Fsp3) is 0.222. The number of benzene rings is 2. The van der Waals surface area contributed by atoms with Gasteiger partial charge in [0, 0.05) is 41.8 Å². The number of carboxylic acids is 1. The molecule has 1 aromatic heterocycles. The number of pyridine rings is 1. The molecule has 31 heavy (non-hydrogen) atoms. The molecule has 0 saturated heterocycles. The van der Waals surface area contributed by atoms with E-state index in [2.05, 4.69) is 41.1 Å². The molecule has 0 bridgehead atoms. The maximum atomic E-state index is 13.0. The third-order valence-electron chi connectivity index (χ3n) is 5.10. The maximum Gasteiger partial charge on any atom is 0.304 e. The van der Waals surface area contributed by atoms with Crippen molar-refractivity contribution in [2.75, 3.05) is 0 Å². The molecular formula is C27H25NO3. The summed E-state index contributed by atoms with van der Waals surface area (Å²) in [6, 6.07) is 19.7. The fourth-order valence-corrected chi connectivity index (χ4v) is 3.38. The average molecular weight is 412 g/mol. The zero-order valence-electron chi connectivity index (χ0n) is 17.8. The van der Waals surface area contributed by atoms with Gasteiger partial charge in [-0.15, -0.1) is 0 Å². The molecule has 0 aliphatic heterocycles. The largest absolute Gasteiger partial charge is 0.481 e. The minimum Gasteiger partial charge on any atom is -0.481 e. The van der Waals surface area contributed by atoms with Crippen LogP contribution in [-0.4, -0.2) is 21.8 Å². The van der Waals surface area contributed by atoms with Crippen LogP contribution in [0, 0.1) is 25.7 Å². The van der Waals surface area contributed by atoms with Crippen LogP contribution in [0.25, 0.3) is 0 Å². The third-order valence-corrected chi connectivity index (χ3v) is 5.10. The Morgan fingerprint density at radius 3 is 2.23 bits per heavy atom. The summed E-state index contributed by atoms with van der Waals surface area (Å²) in [6.07, 6.45) is 2.39. The zero-order valence-corrected chi connectivity index (χ0v) is 17.8. The first-order valence-electron chi connectivity index (χ1n) is 10.3. The van der Waals surface area contributed by atoms with E-state index >= 15 is 0 Å². The zero-order chi connectivity index (χ0) is 22.2. The number of aryl methyl sites for hydroxylation is 2. The van der Waals surface area contributed by atoms with Gasteiger partial charge in [-0.2, -0.15) is 0 Å². The molecule has 4 nitrogen and oxygen atoms in total. The lowest BCUT2D eigenvalue weighted by molar-refractivity contribution is -0.136. The van der Waals surface area contributed by atoms with E-state index in [0.29, 0.717) is 18.4 Å². The summed E-state index contributed by atoms with van der Waals surface area (Å²) in [7, 11) is 0. The number of hydrogen-bond acceptors (Lipinski definition) is 3. The number of carbonyl (C=O) groups excluding carboxylic acids is 1. The van der Waals surface area contributed by atoms with E-state index in [4.69, 9.17) is 5.11 Å². The standard InChI is InChI=1S/C27H25NO3/c1-19-7-11-22(12-8-19)25(18-26(29)24-15-16-28-20(2)17-24)23-13-9-21(10-14-23)5-3-4-6-27(30)31/h7-17,25H,4,6,18H2,1-2H3,(H,30,31). The van der Waals surface area contributed by atoms with Gasteiger partial charge in [0.25, 0.3) is 0 Å². The monoisotopic (exact) mass is 411 g/mol. The first-order chi connectivity index (χ1) is 14.9. The summed E-state index contributed by atoms with van der Waals surface area (Å²) in [4.78, 5) is 27.8. The Morgan fingerprint density at radius 1 is 0.968 bits per heavy atom. The number of hydrogen-bond donors (Lipinski definition) is 1. The number of aliphatic carboxylic acids is 1. The van der Waals surface area contributed by atoms with E-state index in [1.165, 1.54) is 5.56 Å². The van der Waals surface area contributed by atoms with Gasteiger partial charge in [-0.3, -0.25) is 14.6 Å². The van der Waals surface area contributed by atoms with Crippen LogP contribution in [0.3, 0.4) is 0 Å². The van der Waals surface area contributed by atoms with E-state index in [1.807, 2.05) is 44.2 Å². The van der Waals surface area contributed by atoms with Crippen molar-refractivity contribution in [3.05, 3.63) is 100 Å². The normalized spacial score (nSPS) is 11.3. The van der Waals surface area contributed by atoms with Crippen LogP contribution in [0.4, 0.5) is 0 Å². The molecule has 1 heterocycles. The molecule has 0 aliphatic carbocycles. The molecule has 4 heteroatoms. The van der Waals surface area contributed by atoms with E-state index in [-0.39, 0.29) is 18.1 Å². The van der Waals surface area contributed by atoms with Crippen molar-refractivity contribution in [3.8, 4) is 11.8 Å². The smallest absolute Gasteiger partial charge is 0.304 e. The summed E-state index contributed by atoms with van der Waals surface area (Å²) < 4.78 is 0. The van der Waals surface area contributed by atoms with Gasteiger partial charge < -0.3 is 5.11 Å². The highest BCUT2D eigenvalue weighted by Gasteiger charge is 2.19. The molecule has 0 aliphatic rings. The van der Waals surface area contributed by atoms with Crippen LogP contribution in [0.2, 0.25) is 0 Å². The minimum absolute atomic E-state index is 0.0389. The first kappa shape index (κ1) is 22.0. The van der Waals surface area contributed by atoms with Gasteiger partial charge in [0.2, 0.25) is 0 Å². The predicted molar refractivity (Wildman–Crippen MR) is 121 cm³/mol. The molecule has 2 aromatic carbocycles. The summed E-state index contributed by atoms with van der Waals surface area (Å²) in [5.74, 6) is 5.04. The molecule has 0 fully saturated rings. The second-order valence-corrected chi connectivity index (χ2v) is 7.59. The van der Waals surface area contributed by atoms with Gasteiger partial charge in [-0.1, -0.05) is 53.8 Å². The van der Waals surface area contributed by atoms with Gasteiger partial charge in [0.05, 0.1) is 6.42 Å². The summed E-state index contributed by atoms with van der Waals surface area (Å²) in [5, 5.41) is 8.70. The van der Waals surface area contributed by atoms with Crippen LogP contribution in [0.1, 0.15) is 63.5 Å². The number of aromatic nitrogens is 1. The molecular weight excluding hydrogens is 386 g/mol. The van der Waals surface area contributed by atoms with Crippen LogP contribution in [-0.2, 0) is 4.79 Å². The Labute approximate surface area is 183 Å². The third kappa shape index (κ3) is 6.38. The number of nitrogens with zero attached hydrogens (tertiary/aromatic N) is 1. The molecule has 0 saturated carbocycles. The molecule has 3 aromatic rings. The average Bonchev–Trinajstić information content (AvgIpc) is 2.76. The molecule has 3 rings (SSSR count). The fourth-order valence-electron chi connectivity index (χ4n) is 3.38. The minimum atomic E-state index is -0.848. The topological polar surface area (TPSA) is 67.3 Å². The number of Topliss-reactive ketones (excluding diaryl/α,β-unsaturated/α-hetero) is 1. The Morgan fingerprint density at radius 2 is 1.61 bits per heavy atom. The molecule has 0 spiro atoms. The lowest BCUT2D eigenvalue weighted by Gasteiger charge is -2.18. The molecule has 0 radical (unpaired) electrons. The van der Waals surface area contributed by atoms with Crippen LogP contribution in [0.15, 0.2) is 66.9 Å². The summed E-state index contributed by atoms with van der Waals surface area (Å²) in [5.41, 5.74) is 5.62. The van der Waals surface area contributed by atoms with Crippen molar-refractivity contribution in [2.24, 2.45) is 0 Å². The van der Waals surface area contributed by atoms with Crippen LogP contribution >= 0.6 is 0 Å². The summed E-state index contributed by atoms with van der Waals surface area (Å²) in [6.45, 7) is 3.92. The van der Waals surface area contributed by atoms with Crippen LogP contribution in [0.5, 0.6) is 0 Å². The van der Waals surface area contributed by atoms with Gasteiger partial charge in [-0.25, -0.2) is 0 Å². The number of rotatable bonds is 7. The SMILES string of the molecule is Cc1ccc(C(CC(=O)c2ccnc(C)c2)c2ccc(C#CCCC(=O)O)cc2)cc1. The molecule has 1 unspecified atom stereocenters. The summed E-state index contributed by atoms with van der Waals surface area (Å²) >= 11 is 0. The lowest BCUT2D eigenvalue weighted by Crippen LogP contribution is -2.10. The van der Waals surface area contributed by atoms with E-state index in [9.17, 15) is 9.59 Å². The molecule has 156 valence electrons. The molecule has 1 N–H and O–H groups in total. The highest BCUT2D eigenvalue weighted by Crippen LogP contribution is 2.30. The number of carbonyl (C=O) groups is 2. The Bertz CT molecular complexity index is 1120. The number of carboxylic acid groups (broad SMARTS) is 1. The van der Waals surface area contributed by atoms with Crippen molar-refractivity contribution in [3.63, 3.8) is 0 Å². The van der Waals surface area contributed by atoms with E-state index < -0.39 is 5.97 Å². The second kappa shape index (κ2) is 10.4. The van der Waals surface area contributed by atoms with E-state index in [0.717, 1.165) is 22.4 Å². The van der Waals surface area contributed by atoms with Crippen molar-refractivity contribution in [1.82, 2.24) is 4.98 Å². The van der Waals surface area contributed by atoms with Crippen molar-refractivity contribution < 1.29 is 14.7 Å². The van der Waals surface area contributed by atoms with Gasteiger partial charge in [0.15, 0.2) is 5.78 Å². The Balaban J connectivity index is 1.85. The van der Waals surface area contributed by atoms with Crippen molar-refractivity contribution in [2.45, 2.75) is 39.0 Å². The Kier molecular flexibility index (Phi) is 7.35. The van der Waals surface area contributed by atoms with Crippen LogP contribution < -0.4 is 0 Å². The van der Waals surface area contributed by atoms with Gasteiger partial charge in [-0.05, 0) is 49.2 Å². The maximum absolute atomic E-state index is 13.0. The highest BCUT2D eigenvalue weighted by molar-refractivity contribution is 5.96. The molecule has 0 amide bonds. The first-order valence-corrected chi connectivity index (χ1v) is 10.3. The molecule has 1 atom stereocenters. The Hall–Kier alpha value is -3.71. The van der Waals surface area contributed by atoms with Crippen molar-refractivity contribution >= 4 is 11.8 Å².